The smallest absolute Gasteiger partial charge is 0.227 e. The van der Waals surface area contributed by atoms with Crippen LogP contribution in [0.4, 0.5) is 0 Å². The van der Waals surface area contributed by atoms with Crippen LogP contribution in [0, 0.1) is 11.3 Å². The van der Waals surface area contributed by atoms with Gasteiger partial charge in [-0.2, -0.15) is 0 Å². The summed E-state index contributed by atoms with van der Waals surface area (Å²) in [6.45, 7) is 7.86. The number of amides is 2. The van der Waals surface area contributed by atoms with E-state index in [1.807, 2.05) is 42.7 Å². The van der Waals surface area contributed by atoms with E-state index in [1.54, 1.807) is 12.1 Å². The molecule has 0 unspecified atom stereocenters. The van der Waals surface area contributed by atoms with Gasteiger partial charge in [-0.3, -0.25) is 9.59 Å². The van der Waals surface area contributed by atoms with E-state index < -0.39 is 5.41 Å². The third-order valence-corrected chi connectivity index (χ3v) is 5.51. The number of hydrogen-bond donors (Lipinski definition) is 1. The molecule has 0 radical (unpaired) electrons. The highest BCUT2D eigenvalue weighted by Gasteiger charge is 2.38. The van der Waals surface area contributed by atoms with Crippen LogP contribution in [0.15, 0.2) is 24.3 Å². The van der Waals surface area contributed by atoms with E-state index in [0.29, 0.717) is 6.54 Å². The van der Waals surface area contributed by atoms with Crippen LogP contribution in [-0.2, 0) is 9.59 Å². The summed E-state index contributed by atoms with van der Waals surface area (Å²) in [6, 6.07) is 7.25. The zero-order valence-electron chi connectivity index (χ0n) is 16.1. The Morgan fingerprint density at radius 3 is 2.35 bits per heavy atom. The minimum absolute atomic E-state index is 0.0804. The van der Waals surface area contributed by atoms with Crippen LogP contribution in [0.2, 0.25) is 0 Å². The maximum Gasteiger partial charge on any atom is 0.227 e. The first-order chi connectivity index (χ1) is 12.3. The van der Waals surface area contributed by atoms with Gasteiger partial charge in [0, 0.05) is 25.0 Å². The molecule has 1 N–H and O–H groups in total. The van der Waals surface area contributed by atoms with Crippen LogP contribution in [0.3, 0.4) is 0 Å². The Bertz CT molecular complexity index is 663. The second kappa shape index (κ2) is 7.29. The number of carbonyl (C=O) groups is 2. The van der Waals surface area contributed by atoms with Gasteiger partial charge < -0.3 is 14.9 Å². The molecule has 0 aromatic heterocycles. The predicted octanol–water partition coefficient (Wildman–Crippen LogP) is 3.34. The predicted molar refractivity (Wildman–Crippen MR) is 101 cm³/mol. The third kappa shape index (κ3) is 3.87. The van der Waals surface area contributed by atoms with Gasteiger partial charge in [0.1, 0.15) is 5.75 Å². The minimum atomic E-state index is -0.410. The average Bonchev–Trinajstić information content (AvgIpc) is 3.10. The van der Waals surface area contributed by atoms with Crippen LogP contribution in [0.5, 0.6) is 5.75 Å². The Morgan fingerprint density at radius 1 is 1.04 bits per heavy atom. The Labute approximate surface area is 156 Å². The standard InChI is InChI=1S/C21H30N2O3/c1-21(2,3)20(26)22-12-4-6-16(14-22)19(25)23-13-5-7-18(23)15-8-10-17(24)11-9-15/h8-11,16,18,24H,4-7,12-14H2,1-3H3/t16-,18+/m1/s1. The van der Waals surface area contributed by atoms with Gasteiger partial charge in [0.2, 0.25) is 11.8 Å². The summed E-state index contributed by atoms with van der Waals surface area (Å²) >= 11 is 0. The van der Waals surface area contributed by atoms with Gasteiger partial charge in [-0.25, -0.2) is 0 Å². The lowest BCUT2D eigenvalue weighted by Gasteiger charge is -2.38. The number of phenolic OH excluding ortho intramolecular Hbond substituents is 1. The number of rotatable bonds is 2. The first-order valence-electron chi connectivity index (χ1n) is 9.66. The van der Waals surface area contributed by atoms with Gasteiger partial charge in [0.05, 0.1) is 12.0 Å². The molecule has 0 aliphatic carbocycles. The van der Waals surface area contributed by atoms with E-state index in [2.05, 4.69) is 0 Å². The van der Waals surface area contributed by atoms with Gasteiger partial charge in [-0.05, 0) is 43.4 Å². The topological polar surface area (TPSA) is 60.9 Å². The molecule has 2 amide bonds. The highest BCUT2D eigenvalue weighted by molar-refractivity contribution is 5.84. The molecule has 2 heterocycles. The van der Waals surface area contributed by atoms with Crippen molar-refractivity contribution in [3.63, 3.8) is 0 Å². The van der Waals surface area contributed by atoms with Crippen molar-refractivity contribution in [3.05, 3.63) is 29.8 Å². The normalized spacial score (nSPS) is 24.0. The summed E-state index contributed by atoms with van der Waals surface area (Å²) in [6.07, 6.45) is 3.68. The minimum Gasteiger partial charge on any atom is -0.508 e. The van der Waals surface area contributed by atoms with Gasteiger partial charge in [0.25, 0.3) is 0 Å². The Kier molecular flexibility index (Phi) is 5.26. The maximum atomic E-state index is 13.2. The summed E-state index contributed by atoms with van der Waals surface area (Å²) in [7, 11) is 0. The quantitative estimate of drug-likeness (QED) is 0.882. The fraction of sp³-hybridized carbons (Fsp3) is 0.619. The molecule has 2 aliphatic rings. The van der Waals surface area contributed by atoms with Gasteiger partial charge in [-0.15, -0.1) is 0 Å². The fourth-order valence-electron chi connectivity index (χ4n) is 4.15. The molecule has 0 saturated carbocycles. The van der Waals surface area contributed by atoms with Crippen molar-refractivity contribution >= 4 is 11.8 Å². The molecule has 2 saturated heterocycles. The molecule has 1 aromatic carbocycles. The van der Waals surface area contributed by atoms with Gasteiger partial charge in [-0.1, -0.05) is 32.9 Å². The van der Waals surface area contributed by atoms with E-state index in [1.165, 1.54) is 0 Å². The van der Waals surface area contributed by atoms with Gasteiger partial charge >= 0.3 is 0 Å². The molecule has 3 rings (SSSR count). The Hall–Kier alpha value is -2.04. The van der Waals surface area contributed by atoms with Crippen molar-refractivity contribution in [2.24, 2.45) is 11.3 Å². The highest BCUT2D eigenvalue weighted by atomic mass is 16.3. The molecular formula is C21H30N2O3. The second-order valence-electron chi connectivity index (χ2n) is 8.62. The molecule has 5 heteroatoms. The molecule has 2 fully saturated rings. The number of phenols is 1. The summed E-state index contributed by atoms with van der Waals surface area (Å²) in [5, 5.41) is 9.51. The maximum absolute atomic E-state index is 13.2. The SMILES string of the molecule is CC(C)(C)C(=O)N1CCC[C@@H](C(=O)N2CCC[C@H]2c2ccc(O)cc2)C1. The molecule has 1 aromatic rings. The van der Waals surface area contributed by atoms with E-state index in [4.69, 9.17) is 0 Å². The average molecular weight is 358 g/mol. The molecule has 2 aliphatic heterocycles. The summed E-state index contributed by atoms with van der Waals surface area (Å²) in [5.41, 5.74) is 0.666. The van der Waals surface area contributed by atoms with Crippen LogP contribution in [0.1, 0.15) is 58.1 Å². The largest absolute Gasteiger partial charge is 0.508 e. The number of carbonyl (C=O) groups excluding carboxylic acids is 2. The number of aromatic hydroxyl groups is 1. The van der Waals surface area contributed by atoms with Crippen LogP contribution in [0.25, 0.3) is 0 Å². The highest BCUT2D eigenvalue weighted by Crippen LogP contribution is 2.35. The molecule has 2 atom stereocenters. The molecule has 142 valence electrons. The van der Waals surface area contributed by atoms with Crippen molar-refractivity contribution in [1.82, 2.24) is 9.80 Å². The number of piperidine rings is 1. The second-order valence-corrected chi connectivity index (χ2v) is 8.62. The molecule has 26 heavy (non-hydrogen) atoms. The molecule has 0 bridgehead atoms. The van der Waals surface area contributed by atoms with Crippen molar-refractivity contribution < 1.29 is 14.7 Å². The van der Waals surface area contributed by atoms with Gasteiger partial charge in [0.15, 0.2) is 0 Å². The molecular weight excluding hydrogens is 328 g/mol. The van der Waals surface area contributed by atoms with E-state index in [-0.39, 0.29) is 29.5 Å². The van der Waals surface area contributed by atoms with E-state index in [9.17, 15) is 14.7 Å². The number of likely N-dealkylation sites (tertiary alicyclic amines) is 2. The van der Waals surface area contributed by atoms with Crippen LogP contribution < -0.4 is 0 Å². The van der Waals surface area contributed by atoms with E-state index >= 15 is 0 Å². The lowest BCUT2D eigenvalue weighted by molar-refractivity contribution is -0.145. The summed E-state index contributed by atoms with van der Waals surface area (Å²) in [5.74, 6) is 0.444. The summed E-state index contributed by atoms with van der Waals surface area (Å²) < 4.78 is 0. The Balaban J connectivity index is 1.71. The summed E-state index contributed by atoms with van der Waals surface area (Å²) in [4.78, 5) is 29.7. The molecule has 5 nitrogen and oxygen atoms in total. The first kappa shape index (κ1) is 18.7. The van der Waals surface area contributed by atoms with Crippen molar-refractivity contribution in [2.45, 2.75) is 52.5 Å². The number of hydrogen-bond acceptors (Lipinski definition) is 3. The first-order valence-corrected chi connectivity index (χ1v) is 9.66. The van der Waals surface area contributed by atoms with Crippen LogP contribution >= 0.6 is 0 Å². The fourth-order valence-corrected chi connectivity index (χ4v) is 4.15. The lowest BCUT2D eigenvalue weighted by atomic mass is 9.90. The number of benzene rings is 1. The van der Waals surface area contributed by atoms with E-state index in [0.717, 1.165) is 44.3 Å². The van der Waals surface area contributed by atoms with Crippen molar-refractivity contribution in [3.8, 4) is 5.75 Å². The zero-order chi connectivity index (χ0) is 18.9. The lowest BCUT2D eigenvalue weighted by Crippen LogP contribution is -2.49. The monoisotopic (exact) mass is 358 g/mol. The molecule has 0 spiro atoms. The van der Waals surface area contributed by atoms with Crippen LogP contribution in [-0.4, -0.2) is 46.4 Å². The third-order valence-electron chi connectivity index (χ3n) is 5.51. The number of nitrogens with zero attached hydrogens (tertiary/aromatic N) is 2. The van der Waals surface area contributed by atoms with Crippen molar-refractivity contribution in [2.75, 3.05) is 19.6 Å². The Morgan fingerprint density at radius 2 is 1.69 bits per heavy atom. The zero-order valence-corrected chi connectivity index (χ0v) is 16.1. The van der Waals surface area contributed by atoms with Crippen molar-refractivity contribution in [1.29, 1.82) is 0 Å².